The Morgan fingerprint density at radius 3 is 2.58 bits per heavy atom. The van der Waals surface area contributed by atoms with Crippen molar-refractivity contribution in [3.8, 4) is 0 Å². The first kappa shape index (κ1) is 29.5. The maximum atomic E-state index is 13.9. The summed E-state index contributed by atoms with van der Waals surface area (Å²) in [5.74, 6) is -2.12. The van der Waals surface area contributed by atoms with Crippen molar-refractivity contribution in [2.24, 2.45) is 5.92 Å². The molecule has 0 aromatic heterocycles. The number of unbranched alkanes of at least 4 members (excludes halogenated alkanes) is 1. The fourth-order valence-corrected chi connectivity index (χ4v) is 5.34. The molecule has 8 nitrogen and oxygen atoms in total. The zero-order valence-corrected chi connectivity index (χ0v) is 22.9. The number of hydrogen-bond acceptors (Lipinski definition) is 5. The molecule has 3 atom stereocenters. The van der Waals surface area contributed by atoms with Crippen molar-refractivity contribution in [1.82, 2.24) is 20.4 Å². The molecule has 0 aliphatic carbocycles. The predicted octanol–water partition coefficient (Wildman–Crippen LogP) is 3.64. The summed E-state index contributed by atoms with van der Waals surface area (Å²) in [6.45, 7) is 4.62. The van der Waals surface area contributed by atoms with Gasteiger partial charge in [0.15, 0.2) is 0 Å². The third-order valence-corrected chi connectivity index (χ3v) is 7.41. The average Bonchev–Trinajstić information content (AvgIpc) is 3.31. The topological polar surface area (TPSA) is 91.0 Å². The Hall–Kier alpha value is -3.53. The summed E-state index contributed by atoms with van der Waals surface area (Å²) < 4.78 is 33.3. The van der Waals surface area contributed by atoms with Gasteiger partial charge in [-0.2, -0.15) is 0 Å². The average molecular weight is 557 g/mol. The van der Waals surface area contributed by atoms with Gasteiger partial charge in [0.2, 0.25) is 11.8 Å². The number of nitrogens with zero attached hydrogens (tertiary/aromatic N) is 2. The number of piperazine rings is 1. The number of benzene rings is 2. The molecule has 0 saturated carbocycles. The first-order chi connectivity index (χ1) is 19.3. The van der Waals surface area contributed by atoms with Crippen LogP contribution in [-0.2, 0) is 27.4 Å². The van der Waals surface area contributed by atoms with E-state index in [1.807, 2.05) is 37.3 Å². The third-order valence-electron chi connectivity index (χ3n) is 7.41. The lowest BCUT2D eigenvalue weighted by molar-refractivity contribution is -0.129. The number of nitrogens with one attached hydrogen (secondary N) is 2. The Labute approximate surface area is 234 Å². The minimum absolute atomic E-state index is 0.0315. The lowest BCUT2D eigenvalue weighted by atomic mass is 9.96. The molecule has 2 heterocycles. The molecule has 4 rings (SSSR count). The highest BCUT2D eigenvalue weighted by molar-refractivity contribution is 5.89. The van der Waals surface area contributed by atoms with E-state index in [4.69, 9.17) is 4.74 Å². The highest BCUT2D eigenvalue weighted by Gasteiger charge is 2.35. The predicted molar refractivity (Wildman–Crippen MR) is 146 cm³/mol. The van der Waals surface area contributed by atoms with Crippen LogP contribution in [-0.4, -0.2) is 72.5 Å². The Morgan fingerprint density at radius 1 is 1.10 bits per heavy atom. The van der Waals surface area contributed by atoms with Gasteiger partial charge in [0, 0.05) is 57.3 Å². The lowest BCUT2D eigenvalue weighted by Crippen LogP contribution is -2.55. The largest absolute Gasteiger partial charge is 0.445 e. The molecule has 216 valence electrons. The van der Waals surface area contributed by atoms with Crippen molar-refractivity contribution in [3.63, 3.8) is 0 Å². The smallest absolute Gasteiger partial charge is 0.410 e. The summed E-state index contributed by atoms with van der Waals surface area (Å²) in [7, 11) is 0. The van der Waals surface area contributed by atoms with Gasteiger partial charge in [0.25, 0.3) is 0 Å². The van der Waals surface area contributed by atoms with Crippen molar-refractivity contribution in [2.75, 3.05) is 32.7 Å². The van der Waals surface area contributed by atoms with Gasteiger partial charge in [0.05, 0.1) is 5.92 Å². The standard InChI is InChI=1S/C30H38F2N4O4/c1-2-3-10-35-18-23(15-28(35)37)29(38)34-26(14-22-12-24(31)16-25(32)13-22)17-27-19-36(11-9-33-27)30(39)40-20-21-7-5-4-6-8-21/h4-8,12-13,16,23,26-27,33H,2-3,9-11,14-15,17-20H2,1H3,(H,34,38)/t23?,26?,27-/m0/s1. The maximum Gasteiger partial charge on any atom is 0.410 e. The molecule has 2 aliphatic heterocycles. The van der Waals surface area contributed by atoms with Crippen LogP contribution in [0.1, 0.15) is 43.7 Å². The summed E-state index contributed by atoms with van der Waals surface area (Å²) >= 11 is 0. The van der Waals surface area contributed by atoms with Crippen molar-refractivity contribution in [1.29, 1.82) is 0 Å². The summed E-state index contributed by atoms with van der Waals surface area (Å²) in [4.78, 5) is 41.7. The van der Waals surface area contributed by atoms with E-state index in [1.165, 1.54) is 12.1 Å². The van der Waals surface area contributed by atoms with E-state index in [9.17, 15) is 23.2 Å². The van der Waals surface area contributed by atoms with Crippen LogP contribution in [0.5, 0.6) is 0 Å². The molecule has 2 aromatic carbocycles. The second-order valence-electron chi connectivity index (χ2n) is 10.7. The number of carbonyl (C=O) groups excluding carboxylic acids is 3. The number of likely N-dealkylation sites (tertiary alicyclic amines) is 1. The van der Waals surface area contributed by atoms with Crippen LogP contribution in [0, 0.1) is 17.6 Å². The lowest BCUT2D eigenvalue weighted by Gasteiger charge is -2.35. The summed E-state index contributed by atoms with van der Waals surface area (Å²) in [6.07, 6.45) is 2.20. The normalized spacial score (nSPS) is 19.9. The fraction of sp³-hybridized carbons (Fsp3) is 0.500. The molecule has 3 amide bonds. The highest BCUT2D eigenvalue weighted by atomic mass is 19.1. The Bertz CT molecular complexity index is 1150. The molecular formula is C30H38F2N4O4. The van der Waals surface area contributed by atoms with E-state index in [0.29, 0.717) is 44.7 Å². The quantitative estimate of drug-likeness (QED) is 0.441. The fourth-order valence-electron chi connectivity index (χ4n) is 5.34. The summed E-state index contributed by atoms with van der Waals surface area (Å²) in [6, 6.07) is 12.1. The molecular weight excluding hydrogens is 518 g/mol. The van der Waals surface area contributed by atoms with E-state index in [2.05, 4.69) is 10.6 Å². The second-order valence-corrected chi connectivity index (χ2v) is 10.7. The van der Waals surface area contributed by atoms with Crippen molar-refractivity contribution in [2.45, 2.75) is 57.7 Å². The van der Waals surface area contributed by atoms with Crippen molar-refractivity contribution < 1.29 is 27.9 Å². The van der Waals surface area contributed by atoms with Crippen LogP contribution < -0.4 is 10.6 Å². The van der Waals surface area contributed by atoms with E-state index in [1.54, 1.807) is 9.80 Å². The molecule has 2 N–H and O–H groups in total. The van der Waals surface area contributed by atoms with Crippen LogP contribution in [0.3, 0.4) is 0 Å². The summed E-state index contributed by atoms with van der Waals surface area (Å²) in [5.41, 5.74) is 1.32. The SMILES string of the molecule is CCCCN1CC(C(=O)NC(Cc2cc(F)cc(F)c2)C[C@H]2CN(C(=O)OCc3ccccc3)CCN2)CC1=O. The van der Waals surface area contributed by atoms with Gasteiger partial charge in [-0.3, -0.25) is 9.59 Å². The van der Waals surface area contributed by atoms with Gasteiger partial charge < -0.3 is 25.2 Å². The van der Waals surface area contributed by atoms with Gasteiger partial charge >= 0.3 is 6.09 Å². The monoisotopic (exact) mass is 556 g/mol. The zero-order chi connectivity index (χ0) is 28.5. The molecule has 0 radical (unpaired) electrons. The van der Waals surface area contributed by atoms with E-state index in [-0.39, 0.29) is 37.3 Å². The molecule has 2 aromatic rings. The first-order valence-corrected chi connectivity index (χ1v) is 14.0. The number of rotatable bonds is 11. The van der Waals surface area contributed by atoms with E-state index >= 15 is 0 Å². The van der Waals surface area contributed by atoms with Crippen LogP contribution >= 0.6 is 0 Å². The molecule has 2 unspecified atom stereocenters. The zero-order valence-electron chi connectivity index (χ0n) is 22.9. The maximum absolute atomic E-state index is 13.9. The number of carbonyl (C=O) groups is 3. The minimum Gasteiger partial charge on any atom is -0.445 e. The Kier molecular flexibility index (Phi) is 10.5. The van der Waals surface area contributed by atoms with Crippen LogP contribution in [0.2, 0.25) is 0 Å². The van der Waals surface area contributed by atoms with E-state index < -0.39 is 29.7 Å². The van der Waals surface area contributed by atoms with Gasteiger partial charge in [-0.1, -0.05) is 43.7 Å². The van der Waals surface area contributed by atoms with Gasteiger partial charge in [-0.15, -0.1) is 0 Å². The van der Waals surface area contributed by atoms with Gasteiger partial charge in [-0.25, -0.2) is 13.6 Å². The van der Waals surface area contributed by atoms with Crippen LogP contribution in [0.4, 0.5) is 13.6 Å². The van der Waals surface area contributed by atoms with Gasteiger partial charge in [0.1, 0.15) is 18.2 Å². The molecule has 0 bridgehead atoms. The van der Waals surface area contributed by atoms with Crippen LogP contribution in [0.25, 0.3) is 0 Å². The second kappa shape index (κ2) is 14.2. The molecule has 40 heavy (non-hydrogen) atoms. The Balaban J connectivity index is 1.39. The minimum atomic E-state index is -0.684. The molecule has 2 saturated heterocycles. The first-order valence-electron chi connectivity index (χ1n) is 14.0. The number of amides is 3. The number of hydrogen-bond donors (Lipinski definition) is 2. The van der Waals surface area contributed by atoms with E-state index in [0.717, 1.165) is 24.5 Å². The van der Waals surface area contributed by atoms with Gasteiger partial charge in [-0.05, 0) is 42.5 Å². The molecule has 10 heteroatoms. The molecule has 2 fully saturated rings. The van der Waals surface area contributed by atoms with Crippen molar-refractivity contribution >= 4 is 17.9 Å². The highest BCUT2D eigenvalue weighted by Crippen LogP contribution is 2.20. The Morgan fingerprint density at radius 2 is 1.85 bits per heavy atom. The third kappa shape index (κ3) is 8.48. The molecule has 2 aliphatic rings. The number of halogens is 2. The van der Waals surface area contributed by atoms with Crippen molar-refractivity contribution in [3.05, 3.63) is 71.3 Å². The summed E-state index contributed by atoms with van der Waals surface area (Å²) in [5, 5.41) is 6.43. The number of ether oxygens (including phenoxy) is 1. The molecule has 0 spiro atoms. The van der Waals surface area contributed by atoms with Crippen LogP contribution in [0.15, 0.2) is 48.5 Å².